The molecule has 0 unspecified atom stereocenters. The molecule has 1 aliphatic heterocycles. The minimum Gasteiger partial charge on any atom is -0.274 e. The normalized spacial score (nSPS) is 13.3. The van der Waals surface area contributed by atoms with Crippen LogP contribution in [0.4, 0.5) is 0 Å². The van der Waals surface area contributed by atoms with Crippen molar-refractivity contribution in [3.63, 3.8) is 0 Å². The average Bonchev–Trinajstić information content (AvgIpc) is 2.91. The van der Waals surface area contributed by atoms with Crippen molar-refractivity contribution in [2.45, 2.75) is 51.9 Å². The predicted octanol–water partition coefficient (Wildman–Crippen LogP) is 4.43. The molecule has 4 heteroatoms. The molecule has 3 rings (SSSR count). The van der Waals surface area contributed by atoms with Crippen LogP contribution < -0.4 is 0 Å². The van der Waals surface area contributed by atoms with Crippen LogP contribution in [0.3, 0.4) is 0 Å². The summed E-state index contributed by atoms with van der Waals surface area (Å²) in [6.07, 6.45) is 9.35. The van der Waals surface area contributed by atoms with Crippen LogP contribution in [0.25, 0.3) is 0 Å². The predicted molar refractivity (Wildman–Crippen MR) is 102 cm³/mol. The third-order valence-corrected chi connectivity index (χ3v) is 4.90. The Bertz CT molecular complexity index is 733. The molecule has 0 N–H and O–H groups in total. The van der Waals surface area contributed by atoms with Crippen LogP contribution in [0.2, 0.25) is 0 Å². The maximum atomic E-state index is 12.3. The third kappa shape index (κ3) is 4.18. The summed E-state index contributed by atoms with van der Waals surface area (Å²) in [7, 11) is 0. The van der Waals surface area contributed by atoms with Crippen molar-refractivity contribution in [2.24, 2.45) is 0 Å². The van der Waals surface area contributed by atoms with Gasteiger partial charge >= 0.3 is 0 Å². The Morgan fingerprint density at radius 3 is 2.15 bits per heavy atom. The van der Waals surface area contributed by atoms with Gasteiger partial charge in [-0.2, -0.15) is 0 Å². The number of fused-ring (bicyclic) bond motifs is 1. The monoisotopic (exact) mass is 350 g/mol. The van der Waals surface area contributed by atoms with Gasteiger partial charge in [-0.3, -0.25) is 19.5 Å². The molecular weight excluding hydrogens is 324 g/mol. The summed E-state index contributed by atoms with van der Waals surface area (Å²) in [5.74, 6) is -0.326. The largest absolute Gasteiger partial charge is 0.274 e. The van der Waals surface area contributed by atoms with Crippen LogP contribution in [0, 0.1) is 0 Å². The Morgan fingerprint density at radius 2 is 1.54 bits per heavy atom. The minimum atomic E-state index is -0.163. The maximum Gasteiger partial charge on any atom is 0.261 e. The van der Waals surface area contributed by atoms with Crippen molar-refractivity contribution in [1.29, 1.82) is 0 Å². The number of carbonyl (C=O) groups excluding carboxylic acids is 2. The molecule has 2 heterocycles. The fraction of sp³-hybridized carbons (Fsp3) is 0.409. The topological polar surface area (TPSA) is 50.3 Å². The summed E-state index contributed by atoms with van der Waals surface area (Å²) in [6, 6.07) is 11.3. The van der Waals surface area contributed by atoms with E-state index in [1.807, 2.05) is 6.20 Å². The van der Waals surface area contributed by atoms with E-state index in [9.17, 15) is 9.59 Å². The number of amides is 2. The lowest BCUT2D eigenvalue weighted by molar-refractivity contribution is 0.0652. The highest BCUT2D eigenvalue weighted by Crippen LogP contribution is 2.22. The fourth-order valence-corrected chi connectivity index (χ4v) is 3.35. The maximum absolute atomic E-state index is 12.3. The van der Waals surface area contributed by atoms with Crippen molar-refractivity contribution >= 4 is 11.8 Å². The molecule has 2 aromatic rings. The standard InChI is InChI=1S/C22H26N2O2/c1-2-3-4-10-18-14-13-17(16-23-18)9-7-8-15-24-21(25)19-11-5-6-12-20(19)22(24)26/h5-6,11-14,16H,2-4,7-10,15H2,1H3. The second-order valence-electron chi connectivity index (χ2n) is 6.88. The van der Waals surface area contributed by atoms with Crippen LogP contribution >= 0.6 is 0 Å². The van der Waals surface area contributed by atoms with Gasteiger partial charge in [0.2, 0.25) is 0 Å². The SMILES string of the molecule is CCCCCc1ccc(CCCCN2C(=O)c3ccccc3C2=O)cn1. The Hall–Kier alpha value is -2.49. The molecule has 136 valence electrons. The molecule has 1 aromatic heterocycles. The number of aryl methyl sites for hydroxylation is 2. The second kappa shape index (κ2) is 8.75. The van der Waals surface area contributed by atoms with E-state index < -0.39 is 0 Å². The van der Waals surface area contributed by atoms with E-state index >= 15 is 0 Å². The Morgan fingerprint density at radius 1 is 0.846 bits per heavy atom. The van der Waals surface area contributed by atoms with Crippen molar-refractivity contribution in [1.82, 2.24) is 9.88 Å². The van der Waals surface area contributed by atoms with Crippen molar-refractivity contribution in [3.05, 3.63) is 65.0 Å². The van der Waals surface area contributed by atoms with E-state index in [0.717, 1.165) is 31.4 Å². The van der Waals surface area contributed by atoms with Gasteiger partial charge in [0.15, 0.2) is 0 Å². The lowest BCUT2D eigenvalue weighted by Crippen LogP contribution is -2.30. The molecule has 0 fully saturated rings. The smallest absolute Gasteiger partial charge is 0.261 e. The van der Waals surface area contributed by atoms with Gasteiger partial charge in [-0.1, -0.05) is 38.0 Å². The number of rotatable bonds is 9. The molecule has 2 amide bonds. The number of nitrogens with zero attached hydrogens (tertiary/aromatic N) is 2. The molecular formula is C22H26N2O2. The molecule has 0 saturated carbocycles. The Kier molecular flexibility index (Phi) is 6.16. The van der Waals surface area contributed by atoms with E-state index in [1.54, 1.807) is 24.3 Å². The molecule has 0 bridgehead atoms. The van der Waals surface area contributed by atoms with Crippen LogP contribution in [-0.4, -0.2) is 28.2 Å². The summed E-state index contributed by atoms with van der Waals surface area (Å²) in [5, 5.41) is 0. The first-order valence-electron chi connectivity index (χ1n) is 9.59. The summed E-state index contributed by atoms with van der Waals surface area (Å²) < 4.78 is 0. The zero-order valence-electron chi connectivity index (χ0n) is 15.4. The van der Waals surface area contributed by atoms with Crippen LogP contribution in [0.15, 0.2) is 42.6 Å². The number of hydrogen-bond acceptors (Lipinski definition) is 3. The second-order valence-corrected chi connectivity index (χ2v) is 6.88. The lowest BCUT2D eigenvalue weighted by atomic mass is 10.1. The van der Waals surface area contributed by atoms with Gasteiger partial charge in [-0.25, -0.2) is 0 Å². The van der Waals surface area contributed by atoms with Crippen LogP contribution in [-0.2, 0) is 12.8 Å². The van der Waals surface area contributed by atoms with Crippen molar-refractivity contribution in [2.75, 3.05) is 6.54 Å². The third-order valence-electron chi connectivity index (χ3n) is 4.90. The average molecular weight is 350 g/mol. The number of carbonyl (C=O) groups is 2. The highest BCUT2D eigenvalue weighted by Gasteiger charge is 2.34. The Balaban J connectivity index is 1.43. The molecule has 0 saturated heterocycles. The van der Waals surface area contributed by atoms with E-state index in [4.69, 9.17) is 0 Å². The van der Waals surface area contributed by atoms with E-state index in [2.05, 4.69) is 24.0 Å². The molecule has 0 radical (unpaired) electrons. The lowest BCUT2D eigenvalue weighted by Gasteiger charge is -2.13. The summed E-state index contributed by atoms with van der Waals surface area (Å²) in [4.78, 5) is 30.5. The quantitative estimate of drug-likeness (QED) is 0.496. The van der Waals surface area contributed by atoms with Crippen LogP contribution in [0.5, 0.6) is 0 Å². The summed E-state index contributed by atoms with van der Waals surface area (Å²) in [5.41, 5.74) is 3.43. The number of imide groups is 1. The number of unbranched alkanes of at least 4 members (excludes halogenated alkanes) is 3. The van der Waals surface area contributed by atoms with Gasteiger partial charge in [-0.15, -0.1) is 0 Å². The number of aromatic nitrogens is 1. The fourth-order valence-electron chi connectivity index (χ4n) is 3.35. The van der Waals surface area contributed by atoms with E-state index in [1.165, 1.54) is 29.7 Å². The van der Waals surface area contributed by atoms with Gasteiger partial charge in [-0.05, 0) is 55.9 Å². The molecule has 1 aromatic carbocycles. The van der Waals surface area contributed by atoms with E-state index in [-0.39, 0.29) is 11.8 Å². The van der Waals surface area contributed by atoms with Gasteiger partial charge < -0.3 is 0 Å². The van der Waals surface area contributed by atoms with Crippen molar-refractivity contribution < 1.29 is 9.59 Å². The number of benzene rings is 1. The van der Waals surface area contributed by atoms with E-state index in [0.29, 0.717) is 17.7 Å². The summed E-state index contributed by atoms with van der Waals surface area (Å²) in [6.45, 7) is 2.69. The number of hydrogen-bond donors (Lipinski definition) is 0. The molecule has 1 aliphatic rings. The molecule has 0 spiro atoms. The van der Waals surface area contributed by atoms with Crippen molar-refractivity contribution in [3.8, 4) is 0 Å². The Labute approximate surface area is 155 Å². The number of pyridine rings is 1. The summed E-state index contributed by atoms with van der Waals surface area (Å²) >= 11 is 0. The first-order chi connectivity index (χ1) is 12.7. The minimum absolute atomic E-state index is 0.163. The zero-order valence-corrected chi connectivity index (χ0v) is 15.4. The van der Waals surface area contributed by atoms with Gasteiger partial charge in [0.05, 0.1) is 11.1 Å². The molecule has 26 heavy (non-hydrogen) atoms. The van der Waals surface area contributed by atoms with Crippen LogP contribution in [0.1, 0.15) is 71.0 Å². The van der Waals surface area contributed by atoms with Gasteiger partial charge in [0, 0.05) is 18.4 Å². The zero-order chi connectivity index (χ0) is 18.4. The van der Waals surface area contributed by atoms with Gasteiger partial charge in [0.1, 0.15) is 0 Å². The molecule has 4 nitrogen and oxygen atoms in total. The first-order valence-corrected chi connectivity index (χ1v) is 9.59. The highest BCUT2D eigenvalue weighted by molar-refractivity contribution is 6.21. The molecule has 0 aliphatic carbocycles. The molecule has 0 atom stereocenters. The van der Waals surface area contributed by atoms with Gasteiger partial charge in [0.25, 0.3) is 11.8 Å². The first kappa shape index (κ1) is 18.3. The highest BCUT2D eigenvalue weighted by atomic mass is 16.2.